The van der Waals surface area contributed by atoms with Crippen LogP contribution in [0.4, 0.5) is 0 Å². The smallest absolute Gasteiger partial charge is 0.191 e. The van der Waals surface area contributed by atoms with E-state index in [-0.39, 0.29) is 0 Å². The van der Waals surface area contributed by atoms with Crippen LogP contribution < -0.4 is 10.6 Å². The minimum Gasteiger partial charge on any atom is -0.386 e. The number of aliphatic hydroxyl groups is 1. The molecule has 0 aliphatic rings. The van der Waals surface area contributed by atoms with E-state index in [1.165, 1.54) is 15.6 Å². The molecule has 0 aliphatic carbocycles. The van der Waals surface area contributed by atoms with Crippen LogP contribution in [0.2, 0.25) is 0 Å². The van der Waals surface area contributed by atoms with Crippen molar-refractivity contribution < 1.29 is 5.11 Å². The third-order valence-corrected chi connectivity index (χ3v) is 5.36. The molecule has 1 atom stereocenters. The minimum atomic E-state index is -0.563. The first-order valence-corrected chi connectivity index (χ1v) is 9.50. The van der Waals surface area contributed by atoms with Gasteiger partial charge in [-0.15, -0.1) is 11.3 Å². The fourth-order valence-electron chi connectivity index (χ4n) is 2.65. The number of aromatic nitrogens is 1. The number of fused-ring (bicyclic) bond motifs is 1. The second kappa shape index (κ2) is 8.78. The van der Waals surface area contributed by atoms with Crippen LogP contribution in [0, 0.1) is 6.92 Å². The van der Waals surface area contributed by atoms with Crippen molar-refractivity contribution in [3.8, 4) is 0 Å². The van der Waals surface area contributed by atoms with E-state index in [9.17, 15) is 5.11 Å². The average Bonchev–Trinajstić information content (AvgIpc) is 3.10. The van der Waals surface area contributed by atoms with Gasteiger partial charge in [0.25, 0.3) is 0 Å². The SMILES string of the molecule is CN=C(NCCc1ccc(C)nc1)NCC(O)c1cc2ccccc2s1. The summed E-state index contributed by atoms with van der Waals surface area (Å²) >= 11 is 1.62. The van der Waals surface area contributed by atoms with Crippen molar-refractivity contribution in [2.75, 3.05) is 20.1 Å². The summed E-state index contributed by atoms with van der Waals surface area (Å²) in [5.41, 5.74) is 2.21. The summed E-state index contributed by atoms with van der Waals surface area (Å²) in [5, 5.41) is 18.1. The Morgan fingerprint density at radius 1 is 1.23 bits per heavy atom. The lowest BCUT2D eigenvalue weighted by molar-refractivity contribution is 0.184. The van der Waals surface area contributed by atoms with E-state index in [0.717, 1.165) is 23.5 Å². The molecule has 1 aromatic carbocycles. The molecule has 0 aliphatic heterocycles. The van der Waals surface area contributed by atoms with E-state index in [1.54, 1.807) is 18.4 Å². The predicted octanol–water partition coefficient (Wildman–Crippen LogP) is 3.05. The number of pyridine rings is 1. The van der Waals surface area contributed by atoms with E-state index in [0.29, 0.717) is 12.5 Å². The molecule has 136 valence electrons. The van der Waals surface area contributed by atoms with E-state index >= 15 is 0 Å². The first-order valence-electron chi connectivity index (χ1n) is 8.68. The van der Waals surface area contributed by atoms with Crippen LogP contribution in [-0.2, 0) is 6.42 Å². The van der Waals surface area contributed by atoms with Gasteiger partial charge in [-0.25, -0.2) is 0 Å². The summed E-state index contributed by atoms with van der Waals surface area (Å²) in [7, 11) is 1.73. The standard InChI is InChI=1S/C20H24N4OS/c1-14-7-8-15(12-23-14)9-10-22-20(21-2)24-13-17(25)19-11-16-5-3-4-6-18(16)26-19/h3-8,11-12,17,25H,9-10,13H2,1-2H3,(H2,21,22,24). The molecule has 0 spiro atoms. The Morgan fingerprint density at radius 2 is 2.08 bits per heavy atom. The molecule has 26 heavy (non-hydrogen) atoms. The third kappa shape index (κ3) is 4.80. The van der Waals surface area contributed by atoms with Gasteiger partial charge in [0.15, 0.2) is 5.96 Å². The monoisotopic (exact) mass is 368 g/mol. The van der Waals surface area contributed by atoms with Crippen LogP contribution in [0.3, 0.4) is 0 Å². The fraction of sp³-hybridized carbons (Fsp3) is 0.300. The summed E-state index contributed by atoms with van der Waals surface area (Å²) in [6.45, 7) is 3.15. The maximum absolute atomic E-state index is 10.5. The molecule has 0 saturated carbocycles. The van der Waals surface area contributed by atoms with E-state index < -0.39 is 6.10 Å². The first kappa shape index (κ1) is 18.4. The quantitative estimate of drug-likeness (QED) is 0.462. The summed E-state index contributed by atoms with van der Waals surface area (Å²) in [4.78, 5) is 9.47. The Kier molecular flexibility index (Phi) is 6.20. The van der Waals surface area contributed by atoms with E-state index in [1.807, 2.05) is 37.4 Å². The number of thiophene rings is 1. The molecule has 0 amide bonds. The maximum Gasteiger partial charge on any atom is 0.191 e. The Labute approximate surface area is 157 Å². The highest BCUT2D eigenvalue weighted by Crippen LogP contribution is 2.29. The van der Waals surface area contributed by atoms with Crippen LogP contribution in [0.1, 0.15) is 22.2 Å². The van der Waals surface area contributed by atoms with Crippen molar-refractivity contribution >= 4 is 27.4 Å². The number of guanidine groups is 1. The largest absolute Gasteiger partial charge is 0.386 e. The highest BCUT2D eigenvalue weighted by atomic mass is 32.1. The molecule has 3 N–H and O–H groups in total. The van der Waals surface area contributed by atoms with Crippen LogP contribution >= 0.6 is 11.3 Å². The van der Waals surface area contributed by atoms with Crippen molar-refractivity contribution in [3.63, 3.8) is 0 Å². The normalized spacial score (nSPS) is 13.0. The third-order valence-electron chi connectivity index (χ3n) is 4.14. The molecule has 5 nitrogen and oxygen atoms in total. The Balaban J connectivity index is 1.48. The molecule has 0 radical (unpaired) electrons. The molecule has 1 unspecified atom stereocenters. The van der Waals surface area contributed by atoms with Gasteiger partial charge in [-0.1, -0.05) is 24.3 Å². The molecular formula is C20H24N4OS. The van der Waals surface area contributed by atoms with Gasteiger partial charge in [0.2, 0.25) is 0 Å². The lowest BCUT2D eigenvalue weighted by Crippen LogP contribution is -2.40. The van der Waals surface area contributed by atoms with Crippen LogP contribution in [-0.4, -0.2) is 36.2 Å². The molecule has 0 saturated heterocycles. The first-order chi connectivity index (χ1) is 12.7. The number of hydrogen-bond acceptors (Lipinski definition) is 4. The van der Waals surface area contributed by atoms with Crippen molar-refractivity contribution in [1.82, 2.24) is 15.6 Å². The van der Waals surface area contributed by atoms with Gasteiger partial charge < -0.3 is 15.7 Å². The van der Waals surface area contributed by atoms with Gasteiger partial charge in [0, 0.05) is 41.6 Å². The van der Waals surface area contributed by atoms with Gasteiger partial charge in [0.05, 0.1) is 0 Å². The zero-order valence-electron chi connectivity index (χ0n) is 15.1. The van der Waals surface area contributed by atoms with Crippen molar-refractivity contribution in [2.45, 2.75) is 19.4 Å². The average molecular weight is 369 g/mol. The lowest BCUT2D eigenvalue weighted by Gasteiger charge is -2.14. The highest BCUT2D eigenvalue weighted by molar-refractivity contribution is 7.19. The number of aliphatic imine (C=N–C) groups is 1. The van der Waals surface area contributed by atoms with Crippen molar-refractivity contribution in [2.24, 2.45) is 4.99 Å². The number of rotatable bonds is 6. The molecule has 2 aromatic heterocycles. The number of aliphatic hydroxyl groups excluding tert-OH is 1. The molecule has 6 heteroatoms. The van der Waals surface area contributed by atoms with Crippen molar-refractivity contribution in [1.29, 1.82) is 0 Å². The van der Waals surface area contributed by atoms with Gasteiger partial charge in [-0.2, -0.15) is 0 Å². The molecule has 3 aromatic rings. The molecular weight excluding hydrogens is 344 g/mol. The summed E-state index contributed by atoms with van der Waals surface area (Å²) in [6, 6.07) is 14.3. The topological polar surface area (TPSA) is 69.5 Å². The molecule has 3 rings (SSSR count). The second-order valence-corrected chi connectivity index (χ2v) is 7.26. The van der Waals surface area contributed by atoms with Crippen molar-refractivity contribution in [3.05, 3.63) is 64.8 Å². The molecule has 0 fully saturated rings. The zero-order valence-corrected chi connectivity index (χ0v) is 15.9. The second-order valence-electron chi connectivity index (χ2n) is 6.14. The lowest BCUT2D eigenvalue weighted by atomic mass is 10.2. The summed E-state index contributed by atoms with van der Waals surface area (Å²) < 4.78 is 1.19. The van der Waals surface area contributed by atoms with Crippen LogP contribution in [0.5, 0.6) is 0 Å². The van der Waals surface area contributed by atoms with Crippen LogP contribution in [0.25, 0.3) is 10.1 Å². The van der Waals surface area contributed by atoms with E-state index in [4.69, 9.17) is 0 Å². The predicted molar refractivity (Wildman–Crippen MR) is 109 cm³/mol. The Morgan fingerprint density at radius 3 is 2.81 bits per heavy atom. The van der Waals surface area contributed by atoms with E-state index in [2.05, 4.69) is 38.8 Å². The van der Waals surface area contributed by atoms with Gasteiger partial charge in [-0.05, 0) is 42.5 Å². The molecule has 0 bridgehead atoms. The molecule has 2 heterocycles. The Bertz CT molecular complexity index is 840. The van der Waals surface area contributed by atoms with Gasteiger partial charge in [0.1, 0.15) is 6.10 Å². The minimum absolute atomic E-state index is 0.415. The van der Waals surface area contributed by atoms with Gasteiger partial charge >= 0.3 is 0 Å². The maximum atomic E-state index is 10.5. The Hall–Kier alpha value is -2.44. The number of aryl methyl sites for hydroxylation is 1. The summed E-state index contributed by atoms with van der Waals surface area (Å²) in [6.07, 6.45) is 2.21. The van der Waals surface area contributed by atoms with Crippen LogP contribution in [0.15, 0.2) is 53.7 Å². The highest BCUT2D eigenvalue weighted by Gasteiger charge is 2.12. The number of nitrogens with one attached hydrogen (secondary N) is 2. The fourth-order valence-corrected chi connectivity index (χ4v) is 3.70. The summed E-state index contributed by atoms with van der Waals surface area (Å²) in [5.74, 6) is 0.685. The number of benzene rings is 1. The zero-order chi connectivity index (χ0) is 18.4. The van der Waals surface area contributed by atoms with Gasteiger partial charge in [-0.3, -0.25) is 9.98 Å². The number of nitrogens with zero attached hydrogens (tertiary/aromatic N) is 2. The number of hydrogen-bond donors (Lipinski definition) is 3.